The van der Waals surface area contributed by atoms with Gasteiger partial charge in [0, 0.05) is 112 Å². The number of hydrogen-bond acceptors (Lipinski definition) is 4. The first-order valence-electron chi connectivity index (χ1n) is 35.6. The lowest BCUT2D eigenvalue weighted by atomic mass is 9.80. The SMILES string of the molecule is Brc1cc2c3ccccc3n(-c3ccccc3)c2c2c1sc1ccccc12.OB(O)c1ccc2c(c1)c1ccccc1n2-c1ccc(-c2ccccc2)cc1.c1ccc(-c2ccc(-n3c4ccccc4c4cc(-c5cc6c7ccccc7n(-c7ccccc7)c6c6c5sc5ccccc56)ccc43)cc2)cc1. The maximum atomic E-state index is 9.57. The van der Waals surface area contributed by atoms with Gasteiger partial charge in [0.15, 0.2) is 0 Å². The van der Waals surface area contributed by atoms with Gasteiger partial charge >= 0.3 is 7.12 Å². The molecule has 0 fully saturated rings. The largest absolute Gasteiger partial charge is 0.488 e. The van der Waals surface area contributed by atoms with Crippen molar-refractivity contribution in [3.63, 3.8) is 0 Å². The average Bonchev–Trinajstić information content (AvgIpc) is 1.57. The van der Waals surface area contributed by atoms with E-state index in [1.807, 2.05) is 65.1 Å². The fraction of sp³-hybridized carbons (Fsp3) is 0. The van der Waals surface area contributed by atoms with Crippen LogP contribution in [0.4, 0.5) is 0 Å². The van der Waals surface area contributed by atoms with Gasteiger partial charge in [0.1, 0.15) is 0 Å². The minimum absolute atomic E-state index is 0.495. The molecule has 0 saturated carbocycles. The van der Waals surface area contributed by atoms with E-state index in [1.54, 1.807) is 6.07 Å². The van der Waals surface area contributed by atoms with Crippen LogP contribution in [0, 0.1) is 0 Å². The van der Waals surface area contributed by atoms with E-state index in [1.165, 1.54) is 155 Å². The zero-order valence-electron chi connectivity index (χ0n) is 57.1. The number of benzene rings is 16. The summed E-state index contributed by atoms with van der Waals surface area (Å²) in [6.07, 6.45) is 0. The Morgan fingerprint density at radius 1 is 0.245 bits per heavy atom. The molecule has 500 valence electrons. The van der Waals surface area contributed by atoms with Gasteiger partial charge in [-0.1, -0.05) is 249 Å². The van der Waals surface area contributed by atoms with Crippen LogP contribution in [-0.4, -0.2) is 35.4 Å². The molecular formula is C96H62BBrN4O2S2. The topological polar surface area (TPSA) is 60.2 Å². The number of halogens is 1. The van der Waals surface area contributed by atoms with Gasteiger partial charge in [-0.2, -0.15) is 0 Å². The molecule has 0 aliphatic rings. The van der Waals surface area contributed by atoms with Crippen LogP contribution in [0.1, 0.15) is 0 Å². The maximum absolute atomic E-state index is 9.57. The lowest BCUT2D eigenvalue weighted by Gasteiger charge is -2.12. The zero-order valence-corrected chi connectivity index (χ0v) is 60.3. The molecule has 0 aliphatic heterocycles. The molecule has 6 heterocycles. The second-order valence-electron chi connectivity index (χ2n) is 27.0. The van der Waals surface area contributed by atoms with Crippen LogP contribution in [0.25, 0.3) is 184 Å². The summed E-state index contributed by atoms with van der Waals surface area (Å²) in [5.41, 5.74) is 22.0. The van der Waals surface area contributed by atoms with Gasteiger partial charge in [-0.15, -0.1) is 22.7 Å². The summed E-state index contributed by atoms with van der Waals surface area (Å²) in [6.45, 7) is 0. The summed E-state index contributed by atoms with van der Waals surface area (Å²) in [5.74, 6) is 0. The number of hydrogen-bond donors (Lipinski definition) is 2. The van der Waals surface area contributed by atoms with Gasteiger partial charge < -0.3 is 28.3 Å². The first-order chi connectivity index (χ1) is 52.4. The summed E-state index contributed by atoms with van der Waals surface area (Å²) in [7, 11) is -1.48. The molecular weight excluding hydrogens is 1400 g/mol. The molecule has 2 N–H and O–H groups in total. The van der Waals surface area contributed by atoms with Crippen molar-refractivity contribution in [3.8, 4) is 56.1 Å². The van der Waals surface area contributed by atoms with Gasteiger partial charge in [0.25, 0.3) is 0 Å². The van der Waals surface area contributed by atoms with E-state index in [9.17, 15) is 10.0 Å². The molecule has 0 spiro atoms. The third kappa shape index (κ3) is 10.5. The summed E-state index contributed by atoms with van der Waals surface area (Å²) in [6, 6.07) is 129. The second-order valence-corrected chi connectivity index (χ2v) is 29.9. The molecule has 10 heteroatoms. The van der Waals surface area contributed by atoms with E-state index in [0.29, 0.717) is 5.46 Å². The van der Waals surface area contributed by atoms with Crippen LogP contribution in [-0.2, 0) is 0 Å². The van der Waals surface area contributed by atoms with Crippen molar-refractivity contribution in [2.24, 2.45) is 0 Å². The van der Waals surface area contributed by atoms with Crippen molar-refractivity contribution in [1.29, 1.82) is 0 Å². The number of para-hydroxylation sites is 6. The molecule has 22 rings (SSSR count). The van der Waals surface area contributed by atoms with Crippen molar-refractivity contribution in [1.82, 2.24) is 18.3 Å². The Kier molecular flexibility index (Phi) is 15.6. The maximum Gasteiger partial charge on any atom is 0.488 e. The van der Waals surface area contributed by atoms with Gasteiger partial charge in [-0.05, 0) is 164 Å². The average molecular weight is 1460 g/mol. The van der Waals surface area contributed by atoms with E-state index >= 15 is 0 Å². The van der Waals surface area contributed by atoms with E-state index in [0.717, 1.165) is 33.2 Å². The molecule has 0 unspecified atom stereocenters. The van der Waals surface area contributed by atoms with Crippen LogP contribution in [0.15, 0.2) is 368 Å². The first kappa shape index (κ1) is 63.3. The highest BCUT2D eigenvalue weighted by atomic mass is 79.9. The standard InChI is InChI=1S/C48H30N2S.C24H18BNO2.C24H14BrNS/c1-3-13-31(14-4-1)32-23-26-35(27-24-32)49-42-20-10-7-17-36(42)40-29-33(25-28-44(40)49)39-30-41-37-18-8-11-21-43(37)50(34-15-5-2-6-16-34)47(41)46-38-19-9-12-22-45(38)51-48(39)46;27-25(28)19-12-15-24-22(16-19)21-8-4-5-9-23(21)26(24)20-13-10-18(11-14-20)17-6-2-1-3-7-17;25-19-14-18-16-10-4-6-12-20(16)26(15-8-2-1-3-9-15)23(18)22-17-11-5-7-13-21(17)27-24(19)22/h1-30H;1-16,27-28H;1-14H. The first-order valence-corrected chi connectivity index (χ1v) is 38.1. The van der Waals surface area contributed by atoms with E-state index in [-0.39, 0.29) is 0 Å². The Morgan fingerprint density at radius 3 is 1.05 bits per heavy atom. The van der Waals surface area contributed by atoms with Crippen molar-refractivity contribution in [3.05, 3.63) is 368 Å². The third-order valence-electron chi connectivity index (χ3n) is 21.0. The third-order valence-corrected chi connectivity index (χ3v) is 24.3. The molecule has 0 radical (unpaired) electrons. The predicted octanol–water partition coefficient (Wildman–Crippen LogP) is 25.6. The number of rotatable bonds is 8. The molecule has 0 aliphatic carbocycles. The van der Waals surface area contributed by atoms with Crippen molar-refractivity contribution >= 4 is 179 Å². The highest BCUT2D eigenvalue weighted by molar-refractivity contribution is 9.10. The molecule has 6 nitrogen and oxygen atoms in total. The molecule has 6 aromatic heterocycles. The molecule has 16 aromatic carbocycles. The highest BCUT2D eigenvalue weighted by Crippen LogP contribution is 2.50. The highest BCUT2D eigenvalue weighted by Gasteiger charge is 2.25. The summed E-state index contributed by atoms with van der Waals surface area (Å²) < 4.78 is 15.9. The van der Waals surface area contributed by atoms with E-state index in [2.05, 4.69) is 350 Å². The number of nitrogens with zero attached hydrogens (tertiary/aromatic N) is 4. The lowest BCUT2D eigenvalue weighted by Crippen LogP contribution is -2.29. The lowest BCUT2D eigenvalue weighted by molar-refractivity contribution is 0.426. The quantitative estimate of drug-likeness (QED) is 0.149. The van der Waals surface area contributed by atoms with Crippen molar-refractivity contribution in [2.75, 3.05) is 0 Å². The fourth-order valence-corrected chi connectivity index (χ4v) is 19.3. The van der Waals surface area contributed by atoms with E-state index < -0.39 is 7.12 Å². The molecule has 0 amide bonds. The fourth-order valence-electron chi connectivity index (χ4n) is 16.3. The minimum Gasteiger partial charge on any atom is -0.423 e. The van der Waals surface area contributed by atoms with Crippen LogP contribution < -0.4 is 5.46 Å². The Hall–Kier alpha value is -12.4. The van der Waals surface area contributed by atoms with Gasteiger partial charge in [0.05, 0.1) is 48.8 Å². The molecule has 0 atom stereocenters. The Labute approximate surface area is 626 Å². The van der Waals surface area contributed by atoms with Gasteiger partial charge in [-0.25, -0.2) is 0 Å². The number of thiophene rings is 2. The smallest absolute Gasteiger partial charge is 0.423 e. The van der Waals surface area contributed by atoms with Gasteiger partial charge in [-0.3, -0.25) is 0 Å². The zero-order chi connectivity index (χ0) is 70.5. The summed E-state index contributed by atoms with van der Waals surface area (Å²) in [5, 5.41) is 34.2. The van der Waals surface area contributed by atoms with Crippen LogP contribution >= 0.6 is 38.6 Å². The Morgan fingerprint density at radius 2 is 0.575 bits per heavy atom. The van der Waals surface area contributed by atoms with Gasteiger partial charge in [0.2, 0.25) is 0 Å². The molecule has 106 heavy (non-hydrogen) atoms. The molecule has 0 saturated heterocycles. The Balaban J connectivity index is 0.000000115. The Bertz CT molecular complexity index is 7160. The number of aromatic nitrogens is 4. The van der Waals surface area contributed by atoms with Crippen molar-refractivity contribution in [2.45, 2.75) is 0 Å². The summed E-state index contributed by atoms with van der Waals surface area (Å²) >= 11 is 7.61. The monoisotopic (exact) mass is 1460 g/mol. The summed E-state index contributed by atoms with van der Waals surface area (Å²) in [4.78, 5) is 0. The number of fused-ring (bicyclic) bond motifs is 20. The van der Waals surface area contributed by atoms with Crippen LogP contribution in [0.2, 0.25) is 0 Å². The second kappa shape index (κ2) is 26.1. The van der Waals surface area contributed by atoms with Crippen molar-refractivity contribution < 1.29 is 10.0 Å². The van der Waals surface area contributed by atoms with E-state index in [4.69, 9.17) is 0 Å². The van der Waals surface area contributed by atoms with Crippen LogP contribution in [0.5, 0.6) is 0 Å². The predicted molar refractivity (Wildman–Crippen MR) is 456 cm³/mol. The van der Waals surface area contributed by atoms with Crippen LogP contribution in [0.3, 0.4) is 0 Å². The molecule has 22 aromatic rings. The molecule has 0 bridgehead atoms. The normalized spacial score (nSPS) is 11.7. The minimum atomic E-state index is -1.48.